The summed E-state index contributed by atoms with van der Waals surface area (Å²) in [5, 5.41) is 9.22. The average Bonchev–Trinajstić information content (AvgIpc) is 2.94. The molecule has 0 saturated carbocycles. The van der Waals surface area contributed by atoms with E-state index >= 15 is 0 Å². The Morgan fingerprint density at radius 2 is 2.41 bits per heavy atom. The zero-order valence-electron chi connectivity index (χ0n) is 9.78. The van der Waals surface area contributed by atoms with E-state index in [0.717, 1.165) is 11.3 Å². The molecule has 1 amide bonds. The highest BCUT2D eigenvalue weighted by Crippen LogP contribution is 2.22. The van der Waals surface area contributed by atoms with Crippen LogP contribution in [0.15, 0.2) is 12.4 Å². The Kier molecular flexibility index (Phi) is 3.53. The molecule has 5 nitrogen and oxygen atoms in total. The van der Waals surface area contributed by atoms with Crippen LogP contribution >= 0.6 is 11.3 Å². The average molecular weight is 250 g/mol. The lowest BCUT2D eigenvalue weighted by molar-refractivity contribution is 0.0954. The standard InChI is InChI=1S/C11H14N4OS/c1-3-8-7(2)4-9(17-8)11(16)12-5-10-13-6-14-15-10/h4,6H,3,5H2,1-2H3,(H,12,16)(H,13,14,15). The van der Waals surface area contributed by atoms with Crippen molar-refractivity contribution in [3.05, 3.63) is 33.5 Å². The second-order valence-electron chi connectivity index (χ2n) is 3.69. The van der Waals surface area contributed by atoms with Gasteiger partial charge in [0, 0.05) is 4.88 Å². The first-order chi connectivity index (χ1) is 8.20. The van der Waals surface area contributed by atoms with Gasteiger partial charge in [-0.3, -0.25) is 9.89 Å². The van der Waals surface area contributed by atoms with Crippen molar-refractivity contribution >= 4 is 17.2 Å². The first-order valence-electron chi connectivity index (χ1n) is 5.42. The summed E-state index contributed by atoms with van der Waals surface area (Å²) in [5.41, 5.74) is 1.18. The van der Waals surface area contributed by atoms with Crippen LogP contribution < -0.4 is 5.32 Å². The third kappa shape index (κ3) is 2.71. The number of rotatable bonds is 4. The van der Waals surface area contributed by atoms with E-state index in [0.29, 0.717) is 12.4 Å². The maximum Gasteiger partial charge on any atom is 0.261 e. The van der Waals surface area contributed by atoms with Gasteiger partial charge in [-0.05, 0) is 25.0 Å². The molecule has 17 heavy (non-hydrogen) atoms. The van der Waals surface area contributed by atoms with Gasteiger partial charge in [-0.2, -0.15) is 5.10 Å². The van der Waals surface area contributed by atoms with Gasteiger partial charge in [0.15, 0.2) is 0 Å². The molecule has 2 aromatic heterocycles. The molecule has 0 aromatic carbocycles. The Morgan fingerprint density at radius 3 is 3.00 bits per heavy atom. The van der Waals surface area contributed by atoms with Crippen molar-refractivity contribution in [2.75, 3.05) is 0 Å². The second kappa shape index (κ2) is 5.09. The van der Waals surface area contributed by atoms with E-state index < -0.39 is 0 Å². The Bertz CT molecular complexity index is 504. The number of carbonyl (C=O) groups is 1. The highest BCUT2D eigenvalue weighted by atomic mass is 32.1. The lowest BCUT2D eigenvalue weighted by atomic mass is 10.2. The molecule has 0 aliphatic rings. The maximum absolute atomic E-state index is 11.9. The van der Waals surface area contributed by atoms with Crippen LogP contribution in [0.25, 0.3) is 0 Å². The smallest absolute Gasteiger partial charge is 0.261 e. The summed E-state index contributed by atoms with van der Waals surface area (Å²) < 4.78 is 0. The monoisotopic (exact) mass is 250 g/mol. The molecule has 0 fully saturated rings. The van der Waals surface area contributed by atoms with Crippen molar-refractivity contribution in [3.8, 4) is 0 Å². The van der Waals surface area contributed by atoms with E-state index in [9.17, 15) is 4.79 Å². The Labute approximate surface area is 103 Å². The zero-order chi connectivity index (χ0) is 12.3. The molecule has 2 N–H and O–H groups in total. The number of hydrogen-bond donors (Lipinski definition) is 2. The van der Waals surface area contributed by atoms with Gasteiger partial charge in [0.25, 0.3) is 5.91 Å². The second-order valence-corrected chi connectivity index (χ2v) is 4.82. The first-order valence-corrected chi connectivity index (χ1v) is 6.24. The fraction of sp³-hybridized carbons (Fsp3) is 0.364. The van der Waals surface area contributed by atoms with Crippen LogP contribution in [0, 0.1) is 6.92 Å². The molecule has 0 aliphatic heterocycles. The molecule has 0 aliphatic carbocycles. The molecule has 0 unspecified atom stereocenters. The van der Waals surface area contributed by atoms with Gasteiger partial charge in [0.2, 0.25) is 0 Å². The zero-order valence-corrected chi connectivity index (χ0v) is 10.6. The Balaban J connectivity index is 1.99. The number of aromatic nitrogens is 3. The first kappa shape index (κ1) is 11.8. The van der Waals surface area contributed by atoms with Gasteiger partial charge < -0.3 is 5.32 Å². The molecule has 0 atom stereocenters. The van der Waals surface area contributed by atoms with Crippen LogP contribution in [-0.2, 0) is 13.0 Å². The molecule has 0 saturated heterocycles. The van der Waals surface area contributed by atoms with Crippen molar-refractivity contribution in [3.63, 3.8) is 0 Å². The molecular weight excluding hydrogens is 236 g/mol. The van der Waals surface area contributed by atoms with Crippen molar-refractivity contribution in [1.29, 1.82) is 0 Å². The largest absolute Gasteiger partial charge is 0.344 e. The van der Waals surface area contributed by atoms with E-state index in [4.69, 9.17) is 0 Å². The van der Waals surface area contributed by atoms with E-state index in [2.05, 4.69) is 27.4 Å². The third-order valence-corrected chi connectivity index (χ3v) is 3.83. The quantitative estimate of drug-likeness (QED) is 0.867. The highest BCUT2D eigenvalue weighted by molar-refractivity contribution is 7.14. The summed E-state index contributed by atoms with van der Waals surface area (Å²) in [5.74, 6) is 0.594. The van der Waals surface area contributed by atoms with Gasteiger partial charge in [-0.25, -0.2) is 4.98 Å². The number of H-pyrrole nitrogens is 1. The van der Waals surface area contributed by atoms with E-state index in [1.54, 1.807) is 11.3 Å². The molecule has 2 heterocycles. The minimum Gasteiger partial charge on any atom is -0.344 e. The summed E-state index contributed by atoms with van der Waals surface area (Å²) >= 11 is 1.55. The molecule has 2 rings (SSSR count). The van der Waals surface area contributed by atoms with Crippen LogP contribution in [0.1, 0.15) is 32.9 Å². The van der Waals surface area contributed by atoms with Gasteiger partial charge in [-0.1, -0.05) is 6.92 Å². The summed E-state index contributed by atoms with van der Waals surface area (Å²) in [6.45, 7) is 4.49. The minimum atomic E-state index is -0.0609. The van der Waals surface area contributed by atoms with Crippen molar-refractivity contribution in [2.24, 2.45) is 0 Å². The van der Waals surface area contributed by atoms with E-state index in [-0.39, 0.29) is 5.91 Å². The summed E-state index contributed by atoms with van der Waals surface area (Å²) in [6, 6.07) is 1.93. The number of nitrogens with zero attached hydrogens (tertiary/aromatic N) is 2. The number of hydrogen-bond acceptors (Lipinski definition) is 4. The lowest BCUT2D eigenvalue weighted by Crippen LogP contribution is -2.22. The fourth-order valence-corrected chi connectivity index (χ4v) is 2.58. The number of nitrogens with one attached hydrogen (secondary N) is 2. The van der Waals surface area contributed by atoms with Crippen LogP contribution in [0.2, 0.25) is 0 Å². The third-order valence-electron chi connectivity index (χ3n) is 2.45. The number of aromatic amines is 1. The van der Waals surface area contributed by atoms with E-state index in [1.165, 1.54) is 16.8 Å². The molecule has 0 spiro atoms. The minimum absolute atomic E-state index is 0.0609. The van der Waals surface area contributed by atoms with Crippen molar-refractivity contribution in [1.82, 2.24) is 20.5 Å². The Morgan fingerprint density at radius 1 is 1.59 bits per heavy atom. The SMILES string of the molecule is CCc1sc(C(=O)NCc2ncn[nH]2)cc1C. The van der Waals surface area contributed by atoms with Gasteiger partial charge in [0.05, 0.1) is 11.4 Å². The van der Waals surface area contributed by atoms with Gasteiger partial charge in [0.1, 0.15) is 12.2 Å². The fourth-order valence-electron chi connectivity index (χ4n) is 1.55. The number of aryl methyl sites for hydroxylation is 2. The maximum atomic E-state index is 11.9. The summed E-state index contributed by atoms with van der Waals surface area (Å²) in [6.07, 6.45) is 2.39. The number of carbonyl (C=O) groups excluding carboxylic acids is 1. The predicted molar refractivity (Wildman–Crippen MR) is 66.0 cm³/mol. The predicted octanol–water partition coefficient (Wildman–Crippen LogP) is 1.67. The topological polar surface area (TPSA) is 70.7 Å². The van der Waals surface area contributed by atoms with Gasteiger partial charge in [-0.15, -0.1) is 11.3 Å². The molecule has 6 heteroatoms. The molecule has 90 valence electrons. The lowest BCUT2D eigenvalue weighted by Gasteiger charge is -1.99. The highest BCUT2D eigenvalue weighted by Gasteiger charge is 2.11. The molecular formula is C11H14N4OS. The summed E-state index contributed by atoms with van der Waals surface area (Å²) in [7, 11) is 0. The Hall–Kier alpha value is -1.69. The number of thiophene rings is 1. The van der Waals surface area contributed by atoms with Crippen LogP contribution in [0.4, 0.5) is 0 Å². The van der Waals surface area contributed by atoms with Crippen LogP contribution in [-0.4, -0.2) is 21.1 Å². The normalized spacial score (nSPS) is 10.5. The molecule has 2 aromatic rings. The van der Waals surface area contributed by atoms with Crippen LogP contribution in [0.5, 0.6) is 0 Å². The van der Waals surface area contributed by atoms with E-state index in [1.807, 2.05) is 13.0 Å². The summed E-state index contributed by atoms with van der Waals surface area (Å²) in [4.78, 5) is 17.8. The van der Waals surface area contributed by atoms with Crippen molar-refractivity contribution in [2.45, 2.75) is 26.8 Å². The number of amides is 1. The van der Waals surface area contributed by atoms with Gasteiger partial charge >= 0.3 is 0 Å². The molecule has 0 radical (unpaired) electrons. The van der Waals surface area contributed by atoms with Crippen molar-refractivity contribution < 1.29 is 4.79 Å². The van der Waals surface area contributed by atoms with Crippen LogP contribution in [0.3, 0.4) is 0 Å². The molecule has 0 bridgehead atoms.